The highest BCUT2D eigenvalue weighted by molar-refractivity contribution is 5.95. The van der Waals surface area contributed by atoms with Gasteiger partial charge in [0.15, 0.2) is 11.5 Å². The maximum Gasteiger partial charge on any atom is 0.238 e. The topological polar surface area (TPSA) is 107 Å². The average molecular weight is 381 g/mol. The predicted octanol–water partition coefficient (Wildman–Crippen LogP) is 2.95. The van der Waals surface area contributed by atoms with E-state index >= 15 is 0 Å². The highest BCUT2D eigenvalue weighted by Crippen LogP contribution is 2.35. The van der Waals surface area contributed by atoms with Crippen LogP contribution in [0.15, 0.2) is 42.5 Å². The highest BCUT2D eigenvalue weighted by atomic mass is 16.5. The van der Waals surface area contributed by atoms with Gasteiger partial charge < -0.3 is 25.3 Å². The van der Waals surface area contributed by atoms with E-state index in [0.717, 1.165) is 11.1 Å². The van der Waals surface area contributed by atoms with E-state index in [2.05, 4.69) is 11.4 Å². The lowest BCUT2D eigenvalue weighted by molar-refractivity contribution is -0.114. The van der Waals surface area contributed by atoms with Gasteiger partial charge in [-0.25, -0.2) is 0 Å². The van der Waals surface area contributed by atoms with Crippen molar-refractivity contribution in [2.75, 3.05) is 32.7 Å². The summed E-state index contributed by atoms with van der Waals surface area (Å²) < 4.78 is 16.2. The molecule has 0 saturated carbocycles. The second-order valence-electron chi connectivity index (χ2n) is 5.65. The molecule has 0 aliphatic carbocycles. The van der Waals surface area contributed by atoms with Crippen LogP contribution in [0.1, 0.15) is 18.1 Å². The normalized spacial score (nSPS) is 10.8. The molecule has 0 radical (unpaired) electrons. The Labute approximate surface area is 164 Å². The zero-order chi connectivity index (χ0) is 20.5. The molecule has 7 nitrogen and oxygen atoms in total. The van der Waals surface area contributed by atoms with Gasteiger partial charge >= 0.3 is 0 Å². The Morgan fingerprint density at radius 3 is 2.32 bits per heavy atom. The average Bonchev–Trinajstić information content (AvgIpc) is 2.72. The molecular weight excluding hydrogens is 358 g/mol. The molecular formula is C21H23N3O4. The van der Waals surface area contributed by atoms with Gasteiger partial charge in [-0.05, 0) is 47.9 Å². The van der Waals surface area contributed by atoms with E-state index in [-0.39, 0.29) is 12.5 Å². The number of carbonyl (C=O) groups excluding carboxylic acids is 1. The molecule has 2 aromatic carbocycles. The molecule has 0 saturated heterocycles. The first kappa shape index (κ1) is 20.8. The standard InChI is InChI=1S/C21H23N3O4/c1-4-28-20-12-15(6-8-19(20)27-3)16(9-10-22)14-5-7-18(26-2)17(11-14)24-21(25)13-23/h5-9,11-12H,4,13,23H2,1-3H3,(H,24,25). The summed E-state index contributed by atoms with van der Waals surface area (Å²) in [5.74, 6) is 1.33. The number of rotatable bonds is 8. The number of anilines is 1. The van der Waals surface area contributed by atoms with Crippen molar-refractivity contribution in [2.24, 2.45) is 5.73 Å². The van der Waals surface area contributed by atoms with Gasteiger partial charge in [0.2, 0.25) is 5.91 Å². The number of carbonyl (C=O) groups is 1. The first-order valence-corrected chi connectivity index (χ1v) is 8.67. The molecule has 0 bridgehead atoms. The smallest absolute Gasteiger partial charge is 0.238 e. The molecule has 3 N–H and O–H groups in total. The maximum atomic E-state index is 11.7. The molecule has 0 fully saturated rings. The van der Waals surface area contributed by atoms with Crippen LogP contribution < -0.4 is 25.3 Å². The van der Waals surface area contributed by atoms with E-state index < -0.39 is 0 Å². The number of nitrogens with zero attached hydrogens (tertiary/aromatic N) is 1. The van der Waals surface area contributed by atoms with Crippen LogP contribution in [-0.2, 0) is 4.79 Å². The van der Waals surface area contributed by atoms with Crippen molar-refractivity contribution in [3.05, 3.63) is 53.6 Å². The van der Waals surface area contributed by atoms with Gasteiger partial charge in [0.1, 0.15) is 5.75 Å². The summed E-state index contributed by atoms with van der Waals surface area (Å²) in [5, 5.41) is 12.0. The molecule has 146 valence electrons. The minimum Gasteiger partial charge on any atom is -0.495 e. The third-order valence-corrected chi connectivity index (χ3v) is 3.95. The van der Waals surface area contributed by atoms with Gasteiger partial charge in [-0.1, -0.05) is 12.1 Å². The van der Waals surface area contributed by atoms with Gasteiger partial charge in [0.05, 0.1) is 39.1 Å². The fourth-order valence-electron chi connectivity index (χ4n) is 2.68. The number of amides is 1. The van der Waals surface area contributed by atoms with Crippen molar-refractivity contribution in [2.45, 2.75) is 6.92 Å². The van der Waals surface area contributed by atoms with Gasteiger partial charge in [0, 0.05) is 6.08 Å². The van der Waals surface area contributed by atoms with E-state index in [1.165, 1.54) is 13.2 Å². The summed E-state index contributed by atoms with van der Waals surface area (Å²) in [6.07, 6.45) is 1.44. The lowest BCUT2D eigenvalue weighted by Crippen LogP contribution is -2.22. The molecule has 2 aromatic rings. The van der Waals surface area contributed by atoms with Crippen molar-refractivity contribution < 1.29 is 19.0 Å². The van der Waals surface area contributed by atoms with E-state index in [9.17, 15) is 10.1 Å². The molecule has 0 spiro atoms. The minimum absolute atomic E-state index is 0.148. The number of nitrogens with two attached hydrogens (primary N) is 1. The number of methoxy groups -OCH3 is 2. The summed E-state index contributed by atoms with van der Waals surface area (Å²) in [5.41, 5.74) is 8.02. The Kier molecular flexibility index (Phi) is 7.43. The first-order chi connectivity index (χ1) is 13.6. The number of ether oxygens (including phenoxy) is 3. The fraction of sp³-hybridized carbons (Fsp3) is 0.238. The number of nitrogens with one attached hydrogen (secondary N) is 1. The molecule has 0 aliphatic heterocycles. The summed E-state index contributed by atoms with van der Waals surface area (Å²) in [6, 6.07) is 12.8. The number of benzene rings is 2. The molecule has 0 heterocycles. The summed E-state index contributed by atoms with van der Waals surface area (Å²) >= 11 is 0. The van der Waals surface area contributed by atoms with Crippen LogP contribution >= 0.6 is 0 Å². The second-order valence-corrected chi connectivity index (χ2v) is 5.65. The van der Waals surface area contributed by atoms with Gasteiger partial charge in [-0.15, -0.1) is 0 Å². The van der Waals surface area contributed by atoms with Crippen molar-refractivity contribution in [3.63, 3.8) is 0 Å². The molecule has 7 heteroatoms. The zero-order valence-electron chi connectivity index (χ0n) is 16.1. The second kappa shape index (κ2) is 10.00. The summed E-state index contributed by atoms with van der Waals surface area (Å²) in [4.78, 5) is 11.7. The number of nitriles is 1. The molecule has 0 aliphatic rings. The third kappa shape index (κ3) is 4.81. The lowest BCUT2D eigenvalue weighted by atomic mass is 9.96. The molecule has 0 atom stereocenters. The molecule has 0 aromatic heterocycles. The lowest BCUT2D eigenvalue weighted by Gasteiger charge is -2.15. The van der Waals surface area contributed by atoms with E-state index in [4.69, 9.17) is 19.9 Å². The molecule has 28 heavy (non-hydrogen) atoms. The minimum atomic E-state index is -0.343. The number of hydrogen-bond donors (Lipinski definition) is 2. The van der Waals surface area contributed by atoms with Crippen LogP contribution in [0.3, 0.4) is 0 Å². The van der Waals surface area contributed by atoms with Gasteiger partial charge in [0.25, 0.3) is 0 Å². The van der Waals surface area contributed by atoms with Crippen LogP contribution in [0.25, 0.3) is 5.57 Å². The van der Waals surface area contributed by atoms with Gasteiger partial charge in [-0.2, -0.15) is 5.26 Å². The monoisotopic (exact) mass is 381 g/mol. The van der Waals surface area contributed by atoms with Crippen LogP contribution in [0.2, 0.25) is 0 Å². The van der Waals surface area contributed by atoms with E-state index in [1.54, 1.807) is 25.3 Å². The summed E-state index contributed by atoms with van der Waals surface area (Å²) in [6.45, 7) is 2.22. The molecule has 2 rings (SSSR count). The Bertz CT molecular complexity index is 916. The SMILES string of the molecule is CCOc1cc(C(=CC#N)c2ccc(OC)c(NC(=O)CN)c2)ccc1OC. The number of hydrogen-bond acceptors (Lipinski definition) is 6. The van der Waals surface area contributed by atoms with Crippen LogP contribution in [0.5, 0.6) is 17.2 Å². The van der Waals surface area contributed by atoms with Crippen molar-refractivity contribution in [3.8, 4) is 23.3 Å². The summed E-state index contributed by atoms with van der Waals surface area (Å²) in [7, 11) is 3.08. The Morgan fingerprint density at radius 2 is 1.75 bits per heavy atom. The number of allylic oxidation sites excluding steroid dienone is 1. The zero-order valence-corrected chi connectivity index (χ0v) is 16.1. The molecule has 0 unspecified atom stereocenters. The van der Waals surface area contributed by atoms with Crippen molar-refractivity contribution in [1.29, 1.82) is 5.26 Å². The largest absolute Gasteiger partial charge is 0.495 e. The fourth-order valence-corrected chi connectivity index (χ4v) is 2.68. The van der Waals surface area contributed by atoms with Crippen molar-refractivity contribution >= 4 is 17.2 Å². The Balaban J connectivity index is 2.54. The van der Waals surface area contributed by atoms with Crippen LogP contribution in [-0.4, -0.2) is 33.3 Å². The Morgan fingerprint density at radius 1 is 1.11 bits per heavy atom. The van der Waals surface area contributed by atoms with Crippen LogP contribution in [0.4, 0.5) is 5.69 Å². The van der Waals surface area contributed by atoms with Gasteiger partial charge in [-0.3, -0.25) is 4.79 Å². The van der Waals surface area contributed by atoms with E-state index in [1.807, 2.05) is 25.1 Å². The van der Waals surface area contributed by atoms with E-state index in [0.29, 0.717) is 35.1 Å². The highest BCUT2D eigenvalue weighted by Gasteiger charge is 2.14. The predicted molar refractivity (Wildman–Crippen MR) is 108 cm³/mol. The molecule has 1 amide bonds. The first-order valence-electron chi connectivity index (χ1n) is 8.67. The third-order valence-electron chi connectivity index (χ3n) is 3.95. The van der Waals surface area contributed by atoms with Crippen LogP contribution in [0, 0.1) is 11.3 Å². The quantitative estimate of drug-likeness (QED) is 0.681. The Hall–Kier alpha value is -3.50. The van der Waals surface area contributed by atoms with Crippen molar-refractivity contribution in [1.82, 2.24) is 0 Å². The maximum absolute atomic E-state index is 11.7.